The predicted octanol–water partition coefficient (Wildman–Crippen LogP) is 2.51. The summed E-state index contributed by atoms with van der Waals surface area (Å²) in [5, 5.41) is 11.7. The largest absolute Gasteiger partial charge is 0.361 e. The van der Waals surface area contributed by atoms with E-state index < -0.39 is 0 Å². The molecule has 0 spiro atoms. The molecule has 0 amide bonds. The molecule has 0 saturated carbocycles. The Balaban J connectivity index is 1.53. The van der Waals surface area contributed by atoms with Crippen LogP contribution in [-0.4, -0.2) is 40.7 Å². The van der Waals surface area contributed by atoms with Gasteiger partial charge in [0.15, 0.2) is 11.8 Å². The van der Waals surface area contributed by atoms with Crippen molar-refractivity contribution in [2.75, 3.05) is 19.6 Å². The number of aryl methyl sites for hydroxylation is 2. The Morgan fingerprint density at radius 2 is 2.12 bits per heavy atom. The van der Waals surface area contributed by atoms with Crippen molar-refractivity contribution >= 4 is 16.9 Å². The molecule has 138 valence electrons. The number of fused-ring (bicyclic) bond motifs is 1. The average molecular weight is 354 g/mol. The normalized spacial score (nSPS) is 11.9. The van der Waals surface area contributed by atoms with E-state index >= 15 is 0 Å². The lowest BCUT2D eigenvalue weighted by molar-refractivity contribution is 0.376. The molecule has 0 aliphatic rings. The Labute approximate surface area is 153 Å². The monoisotopic (exact) mass is 354 g/mol. The van der Waals surface area contributed by atoms with Gasteiger partial charge in [0.05, 0.1) is 6.54 Å². The van der Waals surface area contributed by atoms with Crippen LogP contribution in [0.25, 0.3) is 10.9 Å². The maximum atomic E-state index is 5.11. The Bertz CT molecular complexity index is 879. The summed E-state index contributed by atoms with van der Waals surface area (Å²) in [5.41, 5.74) is 3.77. The summed E-state index contributed by atoms with van der Waals surface area (Å²) < 4.78 is 5.11. The van der Waals surface area contributed by atoms with Crippen LogP contribution in [0.15, 0.2) is 33.9 Å². The summed E-state index contributed by atoms with van der Waals surface area (Å²) in [7, 11) is 0. The van der Waals surface area contributed by atoms with E-state index in [1.165, 1.54) is 22.0 Å². The Kier molecular flexibility index (Phi) is 5.88. The second kappa shape index (κ2) is 8.51. The lowest BCUT2D eigenvalue weighted by atomic mass is 10.1. The lowest BCUT2D eigenvalue weighted by Crippen LogP contribution is -2.38. The van der Waals surface area contributed by atoms with Crippen molar-refractivity contribution < 1.29 is 4.52 Å². The van der Waals surface area contributed by atoms with Crippen LogP contribution in [0.2, 0.25) is 0 Å². The summed E-state index contributed by atoms with van der Waals surface area (Å²) in [4.78, 5) is 12.1. The Morgan fingerprint density at radius 3 is 2.88 bits per heavy atom. The first-order valence-corrected chi connectivity index (χ1v) is 9.03. The number of hydrogen-bond acceptors (Lipinski definition) is 4. The molecule has 26 heavy (non-hydrogen) atoms. The van der Waals surface area contributed by atoms with Gasteiger partial charge in [0, 0.05) is 36.6 Å². The number of H-pyrrole nitrogens is 1. The Morgan fingerprint density at radius 1 is 1.23 bits per heavy atom. The SMILES string of the molecule is CCNC(=NCCc1nc(C)no1)NCCc1c[nH]c2cc(C)ccc12. The quantitative estimate of drug-likeness (QED) is 0.448. The molecule has 2 heterocycles. The lowest BCUT2D eigenvalue weighted by Gasteiger charge is -2.10. The number of nitrogens with one attached hydrogen (secondary N) is 3. The molecule has 1 aromatic carbocycles. The molecule has 0 unspecified atom stereocenters. The fourth-order valence-electron chi connectivity index (χ4n) is 2.87. The van der Waals surface area contributed by atoms with Gasteiger partial charge in [-0.1, -0.05) is 17.3 Å². The van der Waals surface area contributed by atoms with E-state index in [0.29, 0.717) is 24.7 Å². The molecule has 3 N–H and O–H groups in total. The highest BCUT2D eigenvalue weighted by Crippen LogP contribution is 2.19. The third-order valence-corrected chi connectivity index (χ3v) is 4.12. The van der Waals surface area contributed by atoms with Gasteiger partial charge < -0.3 is 20.1 Å². The van der Waals surface area contributed by atoms with Crippen molar-refractivity contribution in [2.24, 2.45) is 4.99 Å². The number of aliphatic imine (C=N–C) groups is 1. The van der Waals surface area contributed by atoms with E-state index in [1.807, 2.05) is 6.92 Å². The highest BCUT2D eigenvalue weighted by atomic mass is 16.5. The minimum absolute atomic E-state index is 0.601. The molecule has 7 heteroatoms. The molecule has 0 bridgehead atoms. The van der Waals surface area contributed by atoms with Gasteiger partial charge in [0.1, 0.15) is 0 Å². The van der Waals surface area contributed by atoms with Gasteiger partial charge in [-0.05, 0) is 44.4 Å². The number of nitrogens with zero attached hydrogens (tertiary/aromatic N) is 3. The summed E-state index contributed by atoms with van der Waals surface area (Å²) in [6.07, 6.45) is 3.66. The first-order valence-electron chi connectivity index (χ1n) is 9.03. The van der Waals surface area contributed by atoms with E-state index in [0.717, 1.165) is 25.5 Å². The smallest absolute Gasteiger partial charge is 0.228 e. The molecule has 0 atom stereocenters. The summed E-state index contributed by atoms with van der Waals surface area (Å²) in [5.74, 6) is 2.08. The zero-order valence-electron chi connectivity index (χ0n) is 15.6. The van der Waals surface area contributed by atoms with E-state index in [-0.39, 0.29) is 0 Å². The van der Waals surface area contributed by atoms with Crippen LogP contribution in [0.5, 0.6) is 0 Å². The van der Waals surface area contributed by atoms with Gasteiger partial charge in [-0.3, -0.25) is 4.99 Å². The van der Waals surface area contributed by atoms with Gasteiger partial charge in [-0.15, -0.1) is 0 Å². The van der Waals surface area contributed by atoms with E-state index in [2.05, 4.69) is 69.0 Å². The van der Waals surface area contributed by atoms with E-state index in [9.17, 15) is 0 Å². The third-order valence-electron chi connectivity index (χ3n) is 4.12. The van der Waals surface area contributed by atoms with Crippen molar-refractivity contribution in [1.82, 2.24) is 25.8 Å². The first-order chi connectivity index (χ1) is 12.7. The van der Waals surface area contributed by atoms with Crippen molar-refractivity contribution in [1.29, 1.82) is 0 Å². The van der Waals surface area contributed by atoms with Gasteiger partial charge in [0.25, 0.3) is 0 Å². The number of aromatic nitrogens is 3. The maximum Gasteiger partial charge on any atom is 0.228 e. The van der Waals surface area contributed by atoms with E-state index in [4.69, 9.17) is 4.52 Å². The highest BCUT2D eigenvalue weighted by Gasteiger charge is 2.05. The number of aromatic amines is 1. The van der Waals surface area contributed by atoms with Gasteiger partial charge in [-0.2, -0.15) is 4.98 Å². The van der Waals surface area contributed by atoms with Crippen molar-refractivity contribution in [3.8, 4) is 0 Å². The van der Waals surface area contributed by atoms with Crippen LogP contribution in [0.4, 0.5) is 0 Å². The maximum absolute atomic E-state index is 5.11. The molecule has 0 aliphatic carbocycles. The molecule has 2 aromatic heterocycles. The zero-order chi connectivity index (χ0) is 18.4. The molecule has 7 nitrogen and oxygen atoms in total. The highest BCUT2D eigenvalue weighted by molar-refractivity contribution is 5.84. The Hall–Kier alpha value is -2.83. The van der Waals surface area contributed by atoms with E-state index in [1.54, 1.807) is 0 Å². The second-order valence-electron chi connectivity index (χ2n) is 6.29. The topological polar surface area (TPSA) is 91.1 Å². The molecule has 0 aliphatic heterocycles. The molecule has 0 radical (unpaired) electrons. The van der Waals surface area contributed by atoms with Gasteiger partial charge in [0.2, 0.25) is 5.89 Å². The van der Waals surface area contributed by atoms with Crippen LogP contribution >= 0.6 is 0 Å². The molecule has 3 aromatic rings. The fraction of sp³-hybridized carbons (Fsp3) is 0.421. The predicted molar refractivity (Wildman–Crippen MR) is 103 cm³/mol. The third kappa shape index (κ3) is 4.62. The summed E-state index contributed by atoms with van der Waals surface area (Å²) in [6, 6.07) is 6.51. The van der Waals surface area contributed by atoms with Gasteiger partial charge >= 0.3 is 0 Å². The van der Waals surface area contributed by atoms with Crippen LogP contribution < -0.4 is 10.6 Å². The van der Waals surface area contributed by atoms with Crippen LogP contribution in [0.1, 0.15) is 29.8 Å². The number of hydrogen-bond donors (Lipinski definition) is 3. The molecule has 0 fully saturated rings. The van der Waals surface area contributed by atoms with Crippen molar-refractivity contribution in [3.05, 3.63) is 47.2 Å². The molecular formula is C19H26N6O. The minimum atomic E-state index is 0.601. The standard InChI is InChI=1S/C19H26N6O/c1-4-20-19(22-10-8-18-24-14(3)25-26-18)21-9-7-15-12-23-17-11-13(2)5-6-16(15)17/h5-6,11-12,23H,4,7-10H2,1-3H3,(H2,20,21,22). The molecular weight excluding hydrogens is 328 g/mol. The summed E-state index contributed by atoms with van der Waals surface area (Å²) >= 11 is 0. The minimum Gasteiger partial charge on any atom is -0.361 e. The van der Waals surface area contributed by atoms with Gasteiger partial charge in [-0.25, -0.2) is 0 Å². The zero-order valence-corrected chi connectivity index (χ0v) is 15.6. The summed E-state index contributed by atoms with van der Waals surface area (Å²) in [6.45, 7) is 8.21. The number of guanidine groups is 1. The van der Waals surface area contributed by atoms with Crippen molar-refractivity contribution in [3.63, 3.8) is 0 Å². The van der Waals surface area contributed by atoms with Crippen molar-refractivity contribution in [2.45, 2.75) is 33.6 Å². The first kappa shape index (κ1) is 18.0. The van der Waals surface area contributed by atoms with Crippen LogP contribution in [-0.2, 0) is 12.8 Å². The average Bonchev–Trinajstić information content (AvgIpc) is 3.21. The fourth-order valence-corrected chi connectivity index (χ4v) is 2.87. The number of benzene rings is 1. The second-order valence-corrected chi connectivity index (χ2v) is 6.29. The molecule has 0 saturated heterocycles. The van der Waals surface area contributed by atoms with Crippen LogP contribution in [0.3, 0.4) is 0 Å². The van der Waals surface area contributed by atoms with Crippen LogP contribution in [0, 0.1) is 13.8 Å². The number of rotatable bonds is 7. The molecule has 3 rings (SSSR count).